The number of hydrogen-bond donors (Lipinski definition) is 5. The van der Waals surface area contributed by atoms with E-state index in [1.807, 2.05) is 6.92 Å². The molecule has 5 N–H and O–H groups in total. The molecule has 0 aromatic heterocycles. The van der Waals surface area contributed by atoms with E-state index in [0.717, 1.165) is 32.1 Å². The summed E-state index contributed by atoms with van der Waals surface area (Å²) in [5.41, 5.74) is 0.801. The number of rotatable bonds is 7. The van der Waals surface area contributed by atoms with Crippen LogP contribution in [0.4, 0.5) is 18.9 Å². The maximum atomic E-state index is 14.4. The molecule has 1 aliphatic carbocycles. The van der Waals surface area contributed by atoms with Crippen molar-refractivity contribution in [3.8, 4) is 0 Å². The summed E-state index contributed by atoms with van der Waals surface area (Å²) in [5.74, 6) is -4.03. The Labute approximate surface area is 219 Å². The zero-order valence-electron chi connectivity index (χ0n) is 21.2. The van der Waals surface area contributed by atoms with Crippen molar-refractivity contribution >= 4 is 23.1 Å². The van der Waals surface area contributed by atoms with Gasteiger partial charge in [0, 0.05) is 43.4 Å². The first-order chi connectivity index (χ1) is 18.3. The van der Waals surface area contributed by atoms with Crippen molar-refractivity contribution in [2.45, 2.75) is 50.9 Å². The van der Waals surface area contributed by atoms with Crippen LogP contribution >= 0.6 is 0 Å². The number of ether oxygens (including phenoxy) is 1. The summed E-state index contributed by atoms with van der Waals surface area (Å²) in [5, 5.41) is 21.3. The van der Waals surface area contributed by atoms with Crippen molar-refractivity contribution in [2.75, 3.05) is 31.7 Å². The van der Waals surface area contributed by atoms with Crippen LogP contribution in [-0.4, -0.2) is 60.8 Å². The molecular weight excluding hydrogens is 501 g/mol. The van der Waals surface area contributed by atoms with Gasteiger partial charge < -0.3 is 25.8 Å². The van der Waals surface area contributed by atoms with Crippen LogP contribution in [0.15, 0.2) is 34.0 Å². The largest absolute Gasteiger partial charge is 0.395 e. The lowest BCUT2D eigenvalue weighted by Gasteiger charge is -2.38. The van der Waals surface area contributed by atoms with E-state index in [1.54, 1.807) is 6.20 Å². The monoisotopic (exact) mass is 534 g/mol. The Hall–Kier alpha value is -2.96. The van der Waals surface area contributed by atoms with Crippen LogP contribution < -0.4 is 21.3 Å². The molecular formula is C26H33F3N6O3. The van der Waals surface area contributed by atoms with E-state index in [1.165, 1.54) is 0 Å². The maximum Gasteiger partial charge on any atom is 0.223 e. The van der Waals surface area contributed by atoms with Gasteiger partial charge >= 0.3 is 0 Å². The number of amides is 1. The SMILES string of the molecule is CC1(NC2CCC(C(=O)NCCO)CC2)N=C2C(=CN1)N=C(Nc1c(F)cc(F)cc1F)C2[C@@H]1CCOC1. The molecule has 1 saturated heterocycles. The predicted molar refractivity (Wildman–Crippen MR) is 136 cm³/mol. The summed E-state index contributed by atoms with van der Waals surface area (Å²) in [6, 6.07) is 1.39. The predicted octanol–water partition coefficient (Wildman–Crippen LogP) is 2.40. The van der Waals surface area contributed by atoms with Gasteiger partial charge in [0.2, 0.25) is 5.91 Å². The second-order valence-corrected chi connectivity index (χ2v) is 10.4. The minimum Gasteiger partial charge on any atom is -0.395 e. The second kappa shape index (κ2) is 11.0. The van der Waals surface area contributed by atoms with Crippen molar-refractivity contribution in [3.05, 3.63) is 41.5 Å². The summed E-state index contributed by atoms with van der Waals surface area (Å²) in [7, 11) is 0. The van der Waals surface area contributed by atoms with E-state index < -0.39 is 28.9 Å². The number of nitrogens with zero attached hydrogens (tertiary/aromatic N) is 2. The van der Waals surface area contributed by atoms with Gasteiger partial charge in [0.1, 0.15) is 23.0 Å². The fraction of sp³-hybridized carbons (Fsp3) is 0.577. The van der Waals surface area contributed by atoms with Crippen molar-refractivity contribution in [2.24, 2.45) is 27.7 Å². The molecule has 5 rings (SSSR count). The highest BCUT2D eigenvalue weighted by atomic mass is 19.1. The van der Waals surface area contributed by atoms with E-state index >= 15 is 0 Å². The molecule has 3 atom stereocenters. The first-order valence-electron chi connectivity index (χ1n) is 13.1. The van der Waals surface area contributed by atoms with E-state index in [2.05, 4.69) is 26.3 Å². The molecule has 4 aliphatic rings. The highest BCUT2D eigenvalue weighted by Gasteiger charge is 2.44. The van der Waals surface area contributed by atoms with Crippen molar-refractivity contribution in [1.82, 2.24) is 16.0 Å². The second-order valence-electron chi connectivity index (χ2n) is 10.4. The van der Waals surface area contributed by atoms with Crippen molar-refractivity contribution in [1.29, 1.82) is 0 Å². The molecule has 38 heavy (non-hydrogen) atoms. The Bertz CT molecular complexity index is 1140. The molecule has 12 heteroatoms. The molecule has 1 amide bonds. The lowest BCUT2D eigenvalue weighted by atomic mass is 9.85. The van der Waals surface area contributed by atoms with Crippen molar-refractivity contribution < 1.29 is 27.8 Å². The average Bonchev–Trinajstić information content (AvgIpc) is 3.52. The Morgan fingerprint density at radius 3 is 2.58 bits per heavy atom. The minimum absolute atomic E-state index is 0.00712. The third kappa shape index (κ3) is 5.57. The van der Waals surface area contributed by atoms with Gasteiger partial charge in [-0.25, -0.2) is 23.2 Å². The smallest absolute Gasteiger partial charge is 0.223 e. The zero-order chi connectivity index (χ0) is 26.9. The third-order valence-electron chi connectivity index (χ3n) is 7.62. The van der Waals surface area contributed by atoms with E-state index in [9.17, 15) is 18.0 Å². The van der Waals surface area contributed by atoms with E-state index in [-0.39, 0.29) is 42.9 Å². The van der Waals surface area contributed by atoms with Gasteiger partial charge in [0.05, 0.1) is 24.8 Å². The topological polar surface area (TPSA) is 119 Å². The molecule has 2 fully saturated rings. The first-order valence-corrected chi connectivity index (χ1v) is 13.1. The molecule has 2 unspecified atom stereocenters. The number of fused-ring (bicyclic) bond motifs is 1. The molecule has 0 radical (unpaired) electrons. The van der Waals surface area contributed by atoms with Crippen LogP contribution in [0.3, 0.4) is 0 Å². The number of aliphatic imine (C=N–C) groups is 2. The number of amidine groups is 1. The van der Waals surface area contributed by atoms with Gasteiger partial charge in [0.15, 0.2) is 17.4 Å². The van der Waals surface area contributed by atoms with Crippen LogP contribution in [0.5, 0.6) is 0 Å². The summed E-state index contributed by atoms with van der Waals surface area (Å²) in [6.07, 6.45) is 5.54. The summed E-state index contributed by atoms with van der Waals surface area (Å²) in [4.78, 5) is 21.9. The molecule has 0 bridgehead atoms. The van der Waals surface area contributed by atoms with Crippen LogP contribution in [-0.2, 0) is 9.53 Å². The summed E-state index contributed by atoms with van der Waals surface area (Å²) < 4.78 is 47.9. The maximum absolute atomic E-state index is 14.4. The summed E-state index contributed by atoms with van der Waals surface area (Å²) in [6.45, 7) is 3.14. The van der Waals surface area contributed by atoms with Gasteiger partial charge in [-0.3, -0.25) is 10.1 Å². The highest BCUT2D eigenvalue weighted by molar-refractivity contribution is 6.23. The number of carbonyl (C=O) groups is 1. The molecule has 9 nitrogen and oxygen atoms in total. The highest BCUT2D eigenvalue weighted by Crippen LogP contribution is 2.36. The number of halogens is 3. The number of hydrogen-bond acceptors (Lipinski definition) is 8. The Balaban J connectivity index is 1.31. The van der Waals surface area contributed by atoms with Crippen molar-refractivity contribution in [3.63, 3.8) is 0 Å². The molecule has 0 spiro atoms. The first kappa shape index (κ1) is 26.6. The third-order valence-corrected chi connectivity index (χ3v) is 7.62. The molecule has 3 heterocycles. The van der Waals surface area contributed by atoms with Gasteiger partial charge in [-0.05, 0) is 44.9 Å². The van der Waals surface area contributed by atoms with Crippen LogP contribution in [0, 0.1) is 35.2 Å². The molecule has 1 saturated carbocycles. The number of aliphatic hydroxyl groups excluding tert-OH is 1. The van der Waals surface area contributed by atoms with Crippen LogP contribution in [0.25, 0.3) is 0 Å². The fourth-order valence-corrected chi connectivity index (χ4v) is 5.71. The lowest BCUT2D eigenvalue weighted by Crippen LogP contribution is -2.58. The standard InChI is InChI=1S/C26H33F3N6O3/c1-26(34-17-4-2-14(3-5-17)25(37)30-7-8-36)31-12-20-23(35-26)21(15-6-9-38-13-15)24(32-20)33-22-18(28)10-16(27)11-19(22)29/h10-12,14-15,17,21,31,34,36H,2-9,13H2,1H3,(H,30,37)(H,32,33)/t14?,15-,17?,21?,26?/m1/s1. The van der Waals surface area contributed by atoms with Gasteiger partial charge in [0.25, 0.3) is 0 Å². The molecule has 1 aromatic rings. The molecule has 1 aromatic carbocycles. The number of anilines is 1. The Morgan fingerprint density at radius 2 is 1.92 bits per heavy atom. The van der Waals surface area contributed by atoms with E-state index in [4.69, 9.17) is 14.8 Å². The normalized spacial score (nSPS) is 30.6. The quantitative estimate of drug-likeness (QED) is 0.367. The minimum atomic E-state index is -1.04. The Morgan fingerprint density at radius 1 is 1.18 bits per heavy atom. The van der Waals surface area contributed by atoms with Gasteiger partial charge in [-0.15, -0.1) is 0 Å². The van der Waals surface area contributed by atoms with E-state index in [0.29, 0.717) is 42.6 Å². The number of allylic oxidation sites excluding steroid dienone is 1. The number of nitrogens with one attached hydrogen (secondary N) is 4. The number of aliphatic hydroxyl groups is 1. The lowest BCUT2D eigenvalue weighted by molar-refractivity contribution is -0.126. The number of benzene rings is 1. The summed E-state index contributed by atoms with van der Waals surface area (Å²) >= 11 is 0. The van der Waals surface area contributed by atoms with Gasteiger partial charge in [-0.2, -0.15) is 0 Å². The zero-order valence-corrected chi connectivity index (χ0v) is 21.2. The molecule has 3 aliphatic heterocycles. The number of carbonyl (C=O) groups excluding carboxylic acids is 1. The fourth-order valence-electron chi connectivity index (χ4n) is 5.71. The molecule has 206 valence electrons. The Kier molecular flexibility index (Phi) is 7.73. The van der Waals surface area contributed by atoms with Crippen LogP contribution in [0.2, 0.25) is 0 Å². The van der Waals surface area contributed by atoms with Crippen LogP contribution in [0.1, 0.15) is 39.0 Å². The average molecular weight is 535 g/mol. The van der Waals surface area contributed by atoms with Gasteiger partial charge in [-0.1, -0.05) is 0 Å².